The molecule has 3 rings (SSSR count). The monoisotopic (exact) mass is 291 g/mol. The van der Waals surface area contributed by atoms with Gasteiger partial charge in [0.25, 0.3) is 0 Å². The molecule has 0 bridgehead atoms. The Morgan fingerprint density at radius 1 is 1.40 bits per heavy atom. The molecule has 1 aliphatic carbocycles. The van der Waals surface area contributed by atoms with Crippen molar-refractivity contribution in [2.75, 3.05) is 0 Å². The van der Waals surface area contributed by atoms with Crippen molar-refractivity contribution >= 4 is 28.4 Å². The van der Waals surface area contributed by atoms with Crippen molar-refractivity contribution in [3.63, 3.8) is 0 Å². The van der Waals surface area contributed by atoms with Crippen LogP contribution >= 0.6 is 11.6 Å². The number of hydrogen-bond acceptors (Lipinski definition) is 2. The van der Waals surface area contributed by atoms with Gasteiger partial charge < -0.3 is 5.32 Å². The molecule has 106 valence electrons. The molecule has 1 heterocycles. The van der Waals surface area contributed by atoms with Crippen molar-refractivity contribution in [2.45, 2.75) is 44.7 Å². The Bertz CT molecular complexity index is 617. The van der Waals surface area contributed by atoms with Gasteiger partial charge in [-0.05, 0) is 31.0 Å². The Morgan fingerprint density at radius 2 is 2.20 bits per heavy atom. The summed E-state index contributed by atoms with van der Waals surface area (Å²) in [5.74, 6) is 0.120. The van der Waals surface area contributed by atoms with Gasteiger partial charge in [0.15, 0.2) is 0 Å². The molecule has 1 amide bonds. The lowest BCUT2D eigenvalue weighted by molar-refractivity contribution is -0.122. The normalized spacial score (nSPS) is 15.8. The van der Waals surface area contributed by atoms with E-state index in [9.17, 15) is 4.79 Å². The second-order valence-corrected chi connectivity index (χ2v) is 5.81. The number of carbonyl (C=O) groups is 1. The molecule has 1 N–H and O–H groups in total. The Morgan fingerprint density at radius 3 is 3.00 bits per heavy atom. The number of fused-ring (bicyclic) bond motifs is 1. The van der Waals surface area contributed by atoms with Crippen molar-refractivity contribution in [2.24, 2.45) is 0 Å². The Hall–Kier alpha value is -1.55. The molecule has 0 radical (unpaired) electrons. The van der Waals surface area contributed by atoms with E-state index < -0.39 is 0 Å². The molecule has 0 spiro atoms. The van der Waals surface area contributed by atoms with Gasteiger partial charge in [-0.1, -0.05) is 24.4 Å². The summed E-state index contributed by atoms with van der Waals surface area (Å²) in [6.45, 7) is 0.601. The minimum Gasteiger partial charge on any atom is -0.353 e. The molecular weight excluding hydrogens is 274 g/mol. The van der Waals surface area contributed by atoms with Crippen LogP contribution in [-0.2, 0) is 11.3 Å². The van der Waals surface area contributed by atoms with Crippen molar-refractivity contribution in [1.29, 1.82) is 0 Å². The molecule has 4 nitrogen and oxygen atoms in total. The fraction of sp³-hybridized carbons (Fsp3) is 0.467. The topological polar surface area (TPSA) is 46.9 Å². The predicted octanol–water partition coefficient (Wildman–Crippen LogP) is 3.14. The van der Waals surface area contributed by atoms with Gasteiger partial charge in [-0.2, -0.15) is 5.10 Å². The van der Waals surface area contributed by atoms with Crippen molar-refractivity contribution in [3.05, 3.63) is 29.4 Å². The third-order valence-electron chi connectivity index (χ3n) is 3.87. The Balaban J connectivity index is 1.60. The van der Waals surface area contributed by atoms with Crippen LogP contribution in [0.3, 0.4) is 0 Å². The average Bonchev–Trinajstić information content (AvgIpc) is 3.05. The number of benzene rings is 1. The molecule has 1 aromatic heterocycles. The van der Waals surface area contributed by atoms with Crippen LogP contribution in [0.5, 0.6) is 0 Å². The van der Waals surface area contributed by atoms with Gasteiger partial charge in [-0.3, -0.25) is 9.48 Å². The highest BCUT2D eigenvalue weighted by atomic mass is 35.5. The van der Waals surface area contributed by atoms with Crippen LogP contribution in [0.15, 0.2) is 24.4 Å². The molecule has 0 atom stereocenters. The molecule has 20 heavy (non-hydrogen) atoms. The number of aryl methyl sites for hydroxylation is 1. The molecule has 0 aliphatic heterocycles. The molecule has 5 heteroatoms. The fourth-order valence-electron chi connectivity index (χ4n) is 2.81. The van der Waals surface area contributed by atoms with Gasteiger partial charge in [0.05, 0.1) is 18.3 Å². The van der Waals surface area contributed by atoms with Crippen LogP contribution in [0.2, 0.25) is 5.02 Å². The first-order chi connectivity index (χ1) is 9.72. The molecule has 1 aromatic carbocycles. The summed E-state index contributed by atoms with van der Waals surface area (Å²) in [5, 5.41) is 9.13. The lowest BCUT2D eigenvalue weighted by Crippen LogP contribution is -2.33. The van der Waals surface area contributed by atoms with Crippen molar-refractivity contribution < 1.29 is 4.79 Å². The predicted molar refractivity (Wildman–Crippen MR) is 79.8 cm³/mol. The second kappa shape index (κ2) is 5.83. The van der Waals surface area contributed by atoms with Gasteiger partial charge in [0, 0.05) is 22.9 Å². The van der Waals surface area contributed by atoms with Crippen LogP contribution in [0.4, 0.5) is 0 Å². The number of nitrogens with zero attached hydrogens (tertiary/aromatic N) is 2. The van der Waals surface area contributed by atoms with Gasteiger partial charge in [-0.25, -0.2) is 0 Å². The minimum absolute atomic E-state index is 0.120. The summed E-state index contributed by atoms with van der Waals surface area (Å²) < 4.78 is 1.86. The van der Waals surface area contributed by atoms with Gasteiger partial charge >= 0.3 is 0 Å². The number of rotatable bonds is 4. The summed E-state index contributed by atoms with van der Waals surface area (Å²) in [6.07, 6.45) is 6.96. The second-order valence-electron chi connectivity index (χ2n) is 5.37. The van der Waals surface area contributed by atoms with Crippen LogP contribution in [0.25, 0.3) is 10.9 Å². The minimum atomic E-state index is 0.120. The molecule has 1 fully saturated rings. The van der Waals surface area contributed by atoms with E-state index >= 15 is 0 Å². The highest BCUT2D eigenvalue weighted by molar-refractivity contribution is 6.31. The third-order valence-corrected chi connectivity index (χ3v) is 4.11. The SMILES string of the molecule is O=C(CCn1ncc2cc(Cl)ccc21)NC1CCCC1. The van der Waals surface area contributed by atoms with E-state index in [1.807, 2.05) is 22.9 Å². The molecule has 2 aromatic rings. The first kappa shape index (κ1) is 13.4. The summed E-state index contributed by atoms with van der Waals surface area (Å²) in [4.78, 5) is 11.9. The first-order valence-electron chi connectivity index (χ1n) is 7.13. The van der Waals surface area contributed by atoms with E-state index in [-0.39, 0.29) is 5.91 Å². The van der Waals surface area contributed by atoms with Gasteiger partial charge in [0.1, 0.15) is 0 Å². The summed E-state index contributed by atoms with van der Waals surface area (Å²) in [6, 6.07) is 6.06. The smallest absolute Gasteiger partial charge is 0.222 e. The third kappa shape index (κ3) is 2.96. The number of amides is 1. The molecule has 0 saturated heterocycles. The van der Waals surface area contributed by atoms with E-state index in [1.165, 1.54) is 12.8 Å². The lowest BCUT2D eigenvalue weighted by Gasteiger charge is -2.11. The number of halogens is 1. The molecular formula is C15H18ClN3O. The summed E-state index contributed by atoms with van der Waals surface area (Å²) in [7, 11) is 0. The zero-order chi connectivity index (χ0) is 13.9. The van der Waals surface area contributed by atoms with Crippen LogP contribution in [-0.4, -0.2) is 21.7 Å². The van der Waals surface area contributed by atoms with Crippen molar-refractivity contribution in [3.8, 4) is 0 Å². The van der Waals surface area contributed by atoms with Gasteiger partial charge in [-0.15, -0.1) is 0 Å². The number of carbonyl (C=O) groups excluding carboxylic acids is 1. The largest absolute Gasteiger partial charge is 0.353 e. The fourth-order valence-corrected chi connectivity index (χ4v) is 2.99. The molecule has 1 aliphatic rings. The van der Waals surface area contributed by atoms with E-state index in [4.69, 9.17) is 11.6 Å². The number of aromatic nitrogens is 2. The Labute approximate surface area is 123 Å². The van der Waals surface area contributed by atoms with E-state index in [0.29, 0.717) is 24.0 Å². The first-order valence-corrected chi connectivity index (χ1v) is 7.50. The number of nitrogens with one attached hydrogen (secondary N) is 1. The lowest BCUT2D eigenvalue weighted by atomic mass is 10.2. The summed E-state index contributed by atoms with van der Waals surface area (Å²) >= 11 is 5.95. The van der Waals surface area contributed by atoms with Crippen LogP contribution < -0.4 is 5.32 Å². The van der Waals surface area contributed by atoms with E-state index in [2.05, 4.69) is 10.4 Å². The standard InChI is InChI=1S/C15H18ClN3O/c16-12-5-6-14-11(9-12)10-17-19(14)8-7-15(20)18-13-3-1-2-4-13/h5-6,9-10,13H,1-4,7-8H2,(H,18,20). The zero-order valence-corrected chi connectivity index (χ0v) is 12.1. The Kier molecular flexibility index (Phi) is 3.92. The number of hydrogen-bond donors (Lipinski definition) is 1. The van der Waals surface area contributed by atoms with Crippen LogP contribution in [0, 0.1) is 0 Å². The quantitative estimate of drug-likeness (QED) is 0.941. The molecule has 1 saturated carbocycles. The highest BCUT2D eigenvalue weighted by Gasteiger charge is 2.17. The van der Waals surface area contributed by atoms with Crippen molar-refractivity contribution in [1.82, 2.24) is 15.1 Å². The zero-order valence-electron chi connectivity index (χ0n) is 11.3. The van der Waals surface area contributed by atoms with Crippen LogP contribution in [0.1, 0.15) is 32.1 Å². The van der Waals surface area contributed by atoms with E-state index in [1.54, 1.807) is 6.20 Å². The maximum absolute atomic E-state index is 11.9. The highest BCUT2D eigenvalue weighted by Crippen LogP contribution is 2.20. The average molecular weight is 292 g/mol. The van der Waals surface area contributed by atoms with E-state index in [0.717, 1.165) is 23.7 Å². The maximum atomic E-state index is 11.9. The summed E-state index contributed by atoms with van der Waals surface area (Å²) in [5.41, 5.74) is 1.02. The molecule has 0 unspecified atom stereocenters. The van der Waals surface area contributed by atoms with Gasteiger partial charge in [0.2, 0.25) is 5.91 Å². The maximum Gasteiger partial charge on any atom is 0.222 e.